The molecule has 0 aliphatic heterocycles. The lowest BCUT2D eigenvalue weighted by Gasteiger charge is -2.17. The highest BCUT2D eigenvalue weighted by Gasteiger charge is 2.17. The molecule has 6 nitrogen and oxygen atoms in total. The Balaban J connectivity index is 2.08. The fourth-order valence-electron chi connectivity index (χ4n) is 2.90. The van der Waals surface area contributed by atoms with Crippen LogP contribution in [-0.4, -0.2) is 40.4 Å². The zero-order valence-electron chi connectivity index (χ0n) is 15.1. The summed E-state index contributed by atoms with van der Waals surface area (Å²) in [6, 6.07) is 13.8. The van der Waals surface area contributed by atoms with Crippen LogP contribution in [0.2, 0.25) is 0 Å². The van der Waals surface area contributed by atoms with Crippen LogP contribution in [0.3, 0.4) is 0 Å². The van der Waals surface area contributed by atoms with Gasteiger partial charge in [0.2, 0.25) is 0 Å². The van der Waals surface area contributed by atoms with Crippen molar-refractivity contribution in [3.8, 4) is 16.8 Å². The number of amides is 1. The van der Waals surface area contributed by atoms with E-state index in [0.717, 1.165) is 22.4 Å². The third-order valence-electron chi connectivity index (χ3n) is 4.19. The van der Waals surface area contributed by atoms with Gasteiger partial charge in [-0.1, -0.05) is 30.3 Å². The first-order chi connectivity index (χ1) is 12.6. The highest BCUT2D eigenvalue weighted by atomic mass is 16.5. The van der Waals surface area contributed by atoms with Gasteiger partial charge in [0.15, 0.2) is 0 Å². The van der Waals surface area contributed by atoms with Crippen molar-refractivity contribution in [2.45, 2.75) is 19.9 Å². The summed E-state index contributed by atoms with van der Waals surface area (Å²) in [7, 11) is 1.62. The van der Waals surface area contributed by atoms with Crippen molar-refractivity contribution in [1.29, 1.82) is 0 Å². The Morgan fingerprint density at radius 3 is 2.65 bits per heavy atom. The lowest BCUT2D eigenvalue weighted by Crippen LogP contribution is -2.36. The van der Waals surface area contributed by atoms with Crippen LogP contribution in [0.15, 0.2) is 55.1 Å². The van der Waals surface area contributed by atoms with Crippen LogP contribution < -0.4 is 5.32 Å². The number of carbonyl (C=O) groups is 1. The predicted octanol–water partition coefficient (Wildman–Crippen LogP) is 3.01. The van der Waals surface area contributed by atoms with E-state index in [-0.39, 0.29) is 11.9 Å². The topological polar surface area (TPSA) is 69.0 Å². The average Bonchev–Trinajstić information content (AvgIpc) is 3.17. The standard InChI is InChI=1S/C20H22N4O2/c1-14(11-26-3)23-20(25)18-9-17(16-7-5-4-6-8-16)10-19(15(18)2)24-13-21-12-22-24/h4-10,12-14H,11H2,1-3H3,(H,23,25). The molecule has 1 heterocycles. The second-order valence-electron chi connectivity index (χ2n) is 6.20. The maximum Gasteiger partial charge on any atom is 0.251 e. The number of nitrogens with one attached hydrogen (secondary N) is 1. The first-order valence-corrected chi connectivity index (χ1v) is 8.45. The Labute approximate surface area is 152 Å². The minimum absolute atomic E-state index is 0.0814. The number of nitrogens with zero attached hydrogens (tertiary/aromatic N) is 3. The summed E-state index contributed by atoms with van der Waals surface area (Å²) in [5.41, 5.74) is 4.27. The molecule has 0 radical (unpaired) electrons. The van der Waals surface area contributed by atoms with Crippen molar-refractivity contribution in [3.05, 3.63) is 66.2 Å². The molecule has 26 heavy (non-hydrogen) atoms. The highest BCUT2D eigenvalue weighted by Crippen LogP contribution is 2.27. The predicted molar refractivity (Wildman–Crippen MR) is 100 cm³/mol. The van der Waals surface area contributed by atoms with Crippen LogP contribution >= 0.6 is 0 Å². The average molecular weight is 350 g/mol. The minimum atomic E-state index is -0.133. The Kier molecular flexibility index (Phi) is 5.43. The third kappa shape index (κ3) is 3.81. The van der Waals surface area contributed by atoms with Gasteiger partial charge in [-0.25, -0.2) is 9.67 Å². The first kappa shape index (κ1) is 17.8. The Hall–Kier alpha value is -2.99. The Morgan fingerprint density at radius 2 is 2.00 bits per heavy atom. The van der Waals surface area contributed by atoms with Crippen molar-refractivity contribution in [1.82, 2.24) is 20.1 Å². The van der Waals surface area contributed by atoms with Gasteiger partial charge in [0.1, 0.15) is 12.7 Å². The van der Waals surface area contributed by atoms with E-state index in [4.69, 9.17) is 4.74 Å². The summed E-state index contributed by atoms with van der Waals surface area (Å²) in [5, 5.41) is 7.21. The van der Waals surface area contributed by atoms with Crippen molar-refractivity contribution in [3.63, 3.8) is 0 Å². The van der Waals surface area contributed by atoms with Crippen LogP contribution in [0.4, 0.5) is 0 Å². The maximum atomic E-state index is 12.8. The summed E-state index contributed by atoms with van der Waals surface area (Å²) < 4.78 is 6.79. The van der Waals surface area contributed by atoms with Crippen LogP contribution in [0.25, 0.3) is 16.8 Å². The van der Waals surface area contributed by atoms with Gasteiger partial charge in [0.05, 0.1) is 12.3 Å². The van der Waals surface area contributed by atoms with E-state index in [1.54, 1.807) is 18.1 Å². The molecule has 6 heteroatoms. The van der Waals surface area contributed by atoms with Crippen LogP contribution in [0.5, 0.6) is 0 Å². The molecule has 3 aromatic rings. The molecule has 1 aromatic heterocycles. The number of hydrogen-bond acceptors (Lipinski definition) is 4. The summed E-state index contributed by atoms with van der Waals surface area (Å²) in [6.45, 7) is 4.29. The normalized spacial score (nSPS) is 12.0. The van der Waals surface area contributed by atoms with Gasteiger partial charge in [0.25, 0.3) is 5.91 Å². The summed E-state index contributed by atoms with van der Waals surface area (Å²) in [4.78, 5) is 16.9. The lowest BCUT2D eigenvalue weighted by atomic mass is 9.97. The zero-order valence-corrected chi connectivity index (χ0v) is 15.1. The molecule has 0 spiro atoms. The minimum Gasteiger partial charge on any atom is -0.383 e. The number of benzene rings is 2. The maximum absolute atomic E-state index is 12.8. The van der Waals surface area contributed by atoms with E-state index in [9.17, 15) is 4.79 Å². The van der Waals surface area contributed by atoms with Crippen molar-refractivity contribution in [2.24, 2.45) is 0 Å². The van der Waals surface area contributed by atoms with E-state index in [1.807, 2.05) is 56.3 Å². The smallest absolute Gasteiger partial charge is 0.251 e. The van der Waals surface area contributed by atoms with E-state index in [2.05, 4.69) is 15.4 Å². The number of carbonyl (C=O) groups excluding carboxylic acids is 1. The lowest BCUT2D eigenvalue weighted by molar-refractivity contribution is 0.0905. The molecule has 1 N–H and O–H groups in total. The fourth-order valence-corrected chi connectivity index (χ4v) is 2.90. The van der Waals surface area contributed by atoms with Gasteiger partial charge in [-0.15, -0.1) is 0 Å². The van der Waals surface area contributed by atoms with Crippen LogP contribution in [-0.2, 0) is 4.74 Å². The first-order valence-electron chi connectivity index (χ1n) is 8.45. The quantitative estimate of drug-likeness (QED) is 0.742. The second kappa shape index (κ2) is 7.93. The largest absolute Gasteiger partial charge is 0.383 e. The molecule has 0 aliphatic carbocycles. The number of rotatable bonds is 6. The number of aromatic nitrogens is 3. The van der Waals surface area contributed by atoms with Gasteiger partial charge >= 0.3 is 0 Å². The Morgan fingerprint density at radius 1 is 1.23 bits per heavy atom. The molecule has 1 amide bonds. The van der Waals surface area contributed by atoms with Crippen molar-refractivity contribution in [2.75, 3.05) is 13.7 Å². The zero-order chi connectivity index (χ0) is 18.5. The van der Waals surface area contributed by atoms with Gasteiger partial charge in [-0.2, -0.15) is 5.10 Å². The van der Waals surface area contributed by atoms with Gasteiger partial charge in [-0.05, 0) is 42.7 Å². The SMILES string of the molecule is COCC(C)NC(=O)c1cc(-c2ccccc2)cc(-n2cncn2)c1C. The van der Waals surface area contributed by atoms with E-state index < -0.39 is 0 Å². The summed E-state index contributed by atoms with van der Waals surface area (Å²) in [6.07, 6.45) is 3.11. The molecule has 2 aromatic carbocycles. The fraction of sp³-hybridized carbons (Fsp3) is 0.250. The number of hydrogen-bond donors (Lipinski definition) is 1. The third-order valence-corrected chi connectivity index (χ3v) is 4.19. The second-order valence-corrected chi connectivity index (χ2v) is 6.20. The monoisotopic (exact) mass is 350 g/mol. The number of ether oxygens (including phenoxy) is 1. The molecule has 0 saturated carbocycles. The van der Waals surface area contributed by atoms with Crippen LogP contribution in [0.1, 0.15) is 22.8 Å². The van der Waals surface area contributed by atoms with Gasteiger partial charge in [-0.3, -0.25) is 4.79 Å². The summed E-state index contributed by atoms with van der Waals surface area (Å²) >= 11 is 0. The molecular weight excluding hydrogens is 328 g/mol. The highest BCUT2D eigenvalue weighted by molar-refractivity contribution is 5.98. The molecule has 3 rings (SSSR count). The molecule has 0 fully saturated rings. The summed E-state index contributed by atoms with van der Waals surface area (Å²) in [5.74, 6) is -0.133. The molecule has 134 valence electrons. The van der Waals surface area contributed by atoms with Crippen molar-refractivity contribution < 1.29 is 9.53 Å². The van der Waals surface area contributed by atoms with Crippen LogP contribution in [0, 0.1) is 6.92 Å². The molecular formula is C20H22N4O2. The molecule has 0 aliphatic rings. The Bertz CT molecular complexity index is 876. The van der Waals surface area contributed by atoms with E-state index in [1.165, 1.54) is 6.33 Å². The molecule has 0 bridgehead atoms. The molecule has 1 atom stereocenters. The van der Waals surface area contributed by atoms with E-state index in [0.29, 0.717) is 12.2 Å². The molecule has 1 unspecified atom stereocenters. The van der Waals surface area contributed by atoms with E-state index >= 15 is 0 Å². The van der Waals surface area contributed by atoms with Gasteiger partial charge in [0, 0.05) is 18.7 Å². The number of methoxy groups -OCH3 is 1. The van der Waals surface area contributed by atoms with Gasteiger partial charge < -0.3 is 10.1 Å². The van der Waals surface area contributed by atoms with Crippen molar-refractivity contribution >= 4 is 5.91 Å². The molecule has 0 saturated heterocycles.